The first-order valence-electron chi connectivity index (χ1n) is 7.93. The van der Waals surface area contributed by atoms with Gasteiger partial charge in [-0.2, -0.15) is 0 Å². The molecule has 5 nitrogen and oxygen atoms in total. The van der Waals surface area contributed by atoms with Crippen molar-refractivity contribution in [3.63, 3.8) is 0 Å². The first kappa shape index (κ1) is 17.2. The molecule has 0 fully saturated rings. The highest BCUT2D eigenvalue weighted by atomic mass is 32.2. The molecule has 0 saturated heterocycles. The number of rotatable bonds is 6. The Hall–Kier alpha value is -2.60. The highest BCUT2D eigenvalue weighted by Crippen LogP contribution is 2.17. The van der Waals surface area contributed by atoms with Crippen molar-refractivity contribution in [2.75, 3.05) is 11.6 Å². The number of nitrogens with one attached hydrogen (secondary N) is 1. The minimum atomic E-state index is -0.176. The molecule has 3 aromatic rings. The van der Waals surface area contributed by atoms with Crippen LogP contribution in [0.15, 0.2) is 57.8 Å². The zero-order chi connectivity index (χ0) is 17.6. The number of amides is 1. The van der Waals surface area contributed by atoms with Gasteiger partial charge in [0.05, 0.1) is 12.8 Å². The Morgan fingerprint density at radius 2 is 1.92 bits per heavy atom. The van der Waals surface area contributed by atoms with E-state index in [0.29, 0.717) is 12.3 Å². The number of benzene rings is 2. The van der Waals surface area contributed by atoms with Gasteiger partial charge < -0.3 is 4.42 Å². The number of aromatic nitrogens is 2. The van der Waals surface area contributed by atoms with E-state index in [1.807, 2.05) is 49.6 Å². The van der Waals surface area contributed by atoms with E-state index in [1.54, 1.807) is 11.8 Å². The van der Waals surface area contributed by atoms with Crippen molar-refractivity contribution in [3.8, 4) is 0 Å². The van der Waals surface area contributed by atoms with Crippen LogP contribution in [0.3, 0.4) is 0 Å². The molecule has 1 N–H and O–H groups in total. The van der Waals surface area contributed by atoms with Crippen LogP contribution in [0.1, 0.15) is 22.6 Å². The summed E-state index contributed by atoms with van der Waals surface area (Å²) in [7, 11) is 0. The summed E-state index contributed by atoms with van der Waals surface area (Å²) in [5.41, 5.74) is 3.16. The van der Waals surface area contributed by atoms with Crippen LogP contribution in [-0.4, -0.2) is 22.4 Å². The summed E-state index contributed by atoms with van der Waals surface area (Å²) >= 11 is 1.70. The first-order valence-corrected chi connectivity index (χ1v) is 9.15. The van der Waals surface area contributed by atoms with E-state index in [-0.39, 0.29) is 18.3 Å². The second-order valence-corrected chi connectivity index (χ2v) is 6.62. The molecule has 25 heavy (non-hydrogen) atoms. The third-order valence-electron chi connectivity index (χ3n) is 3.67. The second kappa shape index (κ2) is 7.98. The number of anilines is 1. The van der Waals surface area contributed by atoms with E-state index in [2.05, 4.69) is 27.6 Å². The quantitative estimate of drug-likeness (QED) is 0.681. The number of carbonyl (C=O) groups excluding carboxylic acids is 1. The lowest BCUT2D eigenvalue weighted by molar-refractivity contribution is -0.115. The summed E-state index contributed by atoms with van der Waals surface area (Å²) < 4.78 is 5.52. The van der Waals surface area contributed by atoms with Gasteiger partial charge in [-0.25, -0.2) is 0 Å². The van der Waals surface area contributed by atoms with Crippen molar-refractivity contribution in [2.45, 2.75) is 24.7 Å². The van der Waals surface area contributed by atoms with Crippen LogP contribution in [-0.2, 0) is 17.6 Å². The van der Waals surface area contributed by atoms with E-state index in [0.717, 1.165) is 16.7 Å². The molecule has 1 aromatic heterocycles. The van der Waals surface area contributed by atoms with Gasteiger partial charge in [0.15, 0.2) is 0 Å². The molecule has 0 spiro atoms. The molecule has 0 radical (unpaired) electrons. The smallest absolute Gasteiger partial charge is 0.322 e. The summed E-state index contributed by atoms with van der Waals surface area (Å²) in [5.74, 6) is 0.299. The average molecular weight is 353 g/mol. The monoisotopic (exact) mass is 353 g/mol. The predicted octanol–water partition coefficient (Wildman–Crippen LogP) is 3.87. The number of hydrogen-bond acceptors (Lipinski definition) is 5. The van der Waals surface area contributed by atoms with Crippen LogP contribution in [0, 0.1) is 6.92 Å². The van der Waals surface area contributed by atoms with Gasteiger partial charge in [0.25, 0.3) is 0 Å². The Morgan fingerprint density at radius 3 is 2.64 bits per heavy atom. The third-order valence-corrected chi connectivity index (χ3v) is 4.42. The molecule has 0 bridgehead atoms. The van der Waals surface area contributed by atoms with Gasteiger partial charge in [0.2, 0.25) is 11.8 Å². The fraction of sp³-hybridized carbons (Fsp3) is 0.211. The maximum absolute atomic E-state index is 12.1. The molecule has 0 saturated carbocycles. The van der Waals surface area contributed by atoms with Gasteiger partial charge in [-0.05, 0) is 36.4 Å². The van der Waals surface area contributed by atoms with E-state index in [4.69, 9.17) is 4.42 Å². The minimum absolute atomic E-state index is 0.133. The largest absolute Gasteiger partial charge is 0.407 e. The lowest BCUT2D eigenvalue weighted by Crippen LogP contribution is -2.14. The summed E-state index contributed by atoms with van der Waals surface area (Å²) in [6.45, 7) is 2.00. The maximum Gasteiger partial charge on any atom is 0.322 e. The number of hydrogen-bond donors (Lipinski definition) is 1. The average Bonchev–Trinajstić information content (AvgIpc) is 3.02. The van der Waals surface area contributed by atoms with Crippen molar-refractivity contribution in [1.29, 1.82) is 0 Å². The Balaban J connectivity index is 1.58. The van der Waals surface area contributed by atoms with Crippen molar-refractivity contribution >= 4 is 23.7 Å². The lowest BCUT2D eigenvalue weighted by atomic mass is 10.1. The van der Waals surface area contributed by atoms with Gasteiger partial charge >= 0.3 is 6.01 Å². The molecule has 0 aliphatic carbocycles. The Labute approximate surface area is 150 Å². The molecule has 0 aliphatic rings. The van der Waals surface area contributed by atoms with E-state index in [9.17, 15) is 4.79 Å². The molecule has 6 heteroatoms. The Morgan fingerprint density at radius 1 is 1.12 bits per heavy atom. The van der Waals surface area contributed by atoms with Crippen LogP contribution in [0.25, 0.3) is 0 Å². The Bertz CT molecular complexity index is 859. The van der Waals surface area contributed by atoms with E-state index < -0.39 is 0 Å². The third kappa shape index (κ3) is 4.93. The fourth-order valence-electron chi connectivity index (χ4n) is 2.46. The SMILES string of the molecule is CSc1ccc(Cc2nnc(NC(=O)Cc3cccc(C)c3)o2)cc1. The molecular formula is C19H19N3O2S. The molecule has 3 rings (SSSR count). The maximum atomic E-state index is 12.1. The van der Waals surface area contributed by atoms with Gasteiger partial charge in [-0.15, -0.1) is 16.9 Å². The summed E-state index contributed by atoms with van der Waals surface area (Å²) in [6.07, 6.45) is 2.85. The summed E-state index contributed by atoms with van der Waals surface area (Å²) in [4.78, 5) is 13.3. The first-order chi connectivity index (χ1) is 12.1. The van der Waals surface area contributed by atoms with Crippen molar-refractivity contribution in [2.24, 2.45) is 0 Å². The van der Waals surface area contributed by atoms with Crippen LogP contribution in [0.4, 0.5) is 6.01 Å². The summed E-state index contributed by atoms with van der Waals surface area (Å²) in [5, 5.41) is 10.5. The van der Waals surface area contributed by atoms with Gasteiger partial charge in [0.1, 0.15) is 0 Å². The van der Waals surface area contributed by atoms with Crippen molar-refractivity contribution in [3.05, 3.63) is 71.1 Å². The zero-order valence-electron chi connectivity index (χ0n) is 14.2. The van der Waals surface area contributed by atoms with Crippen LogP contribution >= 0.6 is 11.8 Å². The predicted molar refractivity (Wildman–Crippen MR) is 98.8 cm³/mol. The van der Waals surface area contributed by atoms with E-state index in [1.165, 1.54) is 4.90 Å². The molecule has 0 unspecified atom stereocenters. The number of carbonyl (C=O) groups is 1. The van der Waals surface area contributed by atoms with Crippen LogP contribution in [0.5, 0.6) is 0 Å². The normalized spacial score (nSPS) is 10.6. The van der Waals surface area contributed by atoms with Crippen molar-refractivity contribution in [1.82, 2.24) is 10.2 Å². The molecule has 2 aromatic carbocycles. The highest BCUT2D eigenvalue weighted by molar-refractivity contribution is 7.98. The molecule has 1 amide bonds. The summed E-state index contributed by atoms with van der Waals surface area (Å²) in [6, 6.07) is 16.2. The number of nitrogens with zero attached hydrogens (tertiary/aromatic N) is 2. The van der Waals surface area contributed by atoms with Crippen molar-refractivity contribution < 1.29 is 9.21 Å². The Kier molecular flexibility index (Phi) is 5.50. The molecule has 0 aliphatic heterocycles. The van der Waals surface area contributed by atoms with E-state index >= 15 is 0 Å². The van der Waals surface area contributed by atoms with Gasteiger partial charge in [0, 0.05) is 4.90 Å². The van der Waals surface area contributed by atoms with Gasteiger partial charge in [-0.1, -0.05) is 47.1 Å². The molecule has 0 atom stereocenters. The van der Waals surface area contributed by atoms with Crippen LogP contribution < -0.4 is 5.32 Å². The molecular weight excluding hydrogens is 334 g/mol. The van der Waals surface area contributed by atoms with Crippen LogP contribution in [0.2, 0.25) is 0 Å². The molecule has 1 heterocycles. The van der Waals surface area contributed by atoms with Gasteiger partial charge in [-0.3, -0.25) is 10.1 Å². The highest BCUT2D eigenvalue weighted by Gasteiger charge is 2.11. The molecule has 128 valence electrons. The zero-order valence-corrected chi connectivity index (χ0v) is 15.0. The standard InChI is InChI=1S/C19H19N3O2S/c1-13-4-3-5-15(10-13)11-17(23)20-19-22-21-18(24-19)12-14-6-8-16(25-2)9-7-14/h3-10H,11-12H2,1-2H3,(H,20,22,23). The number of aryl methyl sites for hydroxylation is 1. The number of thioether (sulfide) groups is 1. The lowest BCUT2D eigenvalue weighted by Gasteiger charge is -2.02. The second-order valence-electron chi connectivity index (χ2n) is 5.74. The topological polar surface area (TPSA) is 68.0 Å². The minimum Gasteiger partial charge on any atom is -0.407 e. The fourth-order valence-corrected chi connectivity index (χ4v) is 2.87.